The highest BCUT2D eigenvalue weighted by Gasteiger charge is 2.07. The topological polar surface area (TPSA) is 46.0 Å². The number of nitrogens with one attached hydrogen (secondary N) is 1. The van der Waals surface area contributed by atoms with Gasteiger partial charge in [0.25, 0.3) is 0 Å². The second kappa shape index (κ2) is 5.31. The highest BCUT2D eigenvalue weighted by Crippen LogP contribution is 2.22. The van der Waals surface area contributed by atoms with E-state index >= 15 is 0 Å². The van der Waals surface area contributed by atoms with Crippen molar-refractivity contribution in [1.29, 1.82) is 0 Å². The highest BCUT2D eigenvalue weighted by atomic mass is 79.9. The molecule has 0 spiro atoms. The van der Waals surface area contributed by atoms with Gasteiger partial charge in [0.15, 0.2) is 5.69 Å². The molecule has 78 valence electrons. The smallest absolute Gasteiger partial charge is 0.164 e. The molecular formula is C9H12BrNO3. The third-order valence-corrected chi connectivity index (χ3v) is 2.45. The van der Waals surface area contributed by atoms with Crippen LogP contribution in [-0.4, -0.2) is 14.2 Å². The minimum absolute atomic E-state index is 0.338. The summed E-state index contributed by atoms with van der Waals surface area (Å²) in [7, 11) is 2.96. The first kappa shape index (κ1) is 11.5. The zero-order chi connectivity index (χ0) is 10.6. The van der Waals surface area contributed by atoms with Crippen LogP contribution in [0.2, 0.25) is 0 Å². The van der Waals surface area contributed by atoms with E-state index in [1.54, 1.807) is 25.3 Å². The molecule has 0 aliphatic rings. The molecule has 4 nitrogen and oxygen atoms in total. The number of methoxy groups -OCH3 is 1. The van der Waals surface area contributed by atoms with Crippen molar-refractivity contribution >= 4 is 21.6 Å². The van der Waals surface area contributed by atoms with Crippen molar-refractivity contribution in [3.05, 3.63) is 29.0 Å². The average Bonchev–Trinajstić information content (AvgIpc) is 2.26. The molecule has 0 saturated heterocycles. The standard InChI is InChI=1S/C9H12BrNO3/c1-13-9-4-3-8(11(12)14-2)5-7(9)6-10/h3-5,11H,6H2,1-2H3. The van der Waals surface area contributed by atoms with Crippen LogP contribution in [0.25, 0.3) is 0 Å². The van der Waals surface area contributed by atoms with Crippen LogP contribution in [0.4, 0.5) is 5.69 Å². The molecule has 1 unspecified atom stereocenters. The lowest BCUT2D eigenvalue weighted by Crippen LogP contribution is -3.00. The Kier molecular flexibility index (Phi) is 4.34. The number of benzene rings is 1. The predicted octanol–water partition coefficient (Wildman–Crippen LogP) is 1.17. The van der Waals surface area contributed by atoms with E-state index in [9.17, 15) is 5.21 Å². The summed E-state index contributed by atoms with van der Waals surface area (Å²) >= 11 is 3.32. The molecule has 5 heteroatoms. The molecular weight excluding hydrogens is 250 g/mol. The molecule has 0 saturated carbocycles. The SMILES string of the molecule is COc1ccc([NH+]([O-])OC)cc1CBr. The van der Waals surface area contributed by atoms with Gasteiger partial charge in [-0.2, -0.15) is 5.23 Å². The van der Waals surface area contributed by atoms with Crippen LogP contribution in [-0.2, 0) is 10.2 Å². The van der Waals surface area contributed by atoms with Crippen molar-refractivity contribution in [1.82, 2.24) is 0 Å². The number of ether oxygens (including phenoxy) is 1. The Bertz CT molecular complexity index is 306. The molecule has 0 aromatic heterocycles. The number of hydrogen-bond donors (Lipinski definition) is 1. The Morgan fingerprint density at radius 1 is 1.43 bits per heavy atom. The summed E-state index contributed by atoms with van der Waals surface area (Å²) in [5.41, 5.74) is 1.46. The molecule has 0 bridgehead atoms. The van der Waals surface area contributed by atoms with E-state index < -0.39 is 0 Å². The first-order valence-corrected chi connectivity index (χ1v) is 5.16. The molecule has 0 radical (unpaired) electrons. The van der Waals surface area contributed by atoms with E-state index in [1.807, 2.05) is 0 Å². The third-order valence-electron chi connectivity index (χ3n) is 1.85. The van der Waals surface area contributed by atoms with Gasteiger partial charge in [-0.3, -0.25) is 0 Å². The van der Waals surface area contributed by atoms with Crippen LogP contribution in [0.5, 0.6) is 5.75 Å². The summed E-state index contributed by atoms with van der Waals surface area (Å²) in [6.07, 6.45) is 0. The fourth-order valence-corrected chi connectivity index (χ4v) is 1.57. The summed E-state index contributed by atoms with van der Waals surface area (Å²) in [6, 6.07) is 5.18. The van der Waals surface area contributed by atoms with Crippen LogP contribution in [0.1, 0.15) is 5.56 Å². The molecule has 14 heavy (non-hydrogen) atoms. The second-order valence-corrected chi connectivity index (χ2v) is 3.21. The summed E-state index contributed by atoms with van der Waals surface area (Å²) in [6.45, 7) is 0. The van der Waals surface area contributed by atoms with Crippen molar-refractivity contribution in [2.75, 3.05) is 14.2 Å². The molecule has 1 aromatic carbocycles. The highest BCUT2D eigenvalue weighted by molar-refractivity contribution is 9.08. The summed E-state index contributed by atoms with van der Waals surface area (Å²) in [5.74, 6) is 0.759. The quantitative estimate of drug-likeness (QED) is 0.654. The molecule has 0 fully saturated rings. The van der Waals surface area contributed by atoms with Gasteiger partial charge in [-0.15, -0.1) is 0 Å². The average molecular weight is 262 g/mol. The van der Waals surface area contributed by atoms with Gasteiger partial charge in [-0.1, -0.05) is 15.9 Å². The Hall–Kier alpha value is -0.620. The van der Waals surface area contributed by atoms with Gasteiger partial charge in [0.1, 0.15) is 5.75 Å². The maximum absolute atomic E-state index is 11.2. The molecule has 0 amide bonds. The van der Waals surface area contributed by atoms with E-state index in [1.165, 1.54) is 7.11 Å². The molecule has 0 aliphatic heterocycles. The molecule has 1 atom stereocenters. The Morgan fingerprint density at radius 2 is 2.14 bits per heavy atom. The van der Waals surface area contributed by atoms with E-state index in [0.717, 1.165) is 11.3 Å². The second-order valence-electron chi connectivity index (χ2n) is 2.65. The van der Waals surface area contributed by atoms with Crippen LogP contribution in [0.15, 0.2) is 18.2 Å². The lowest BCUT2D eigenvalue weighted by atomic mass is 10.2. The van der Waals surface area contributed by atoms with Gasteiger partial charge in [0.05, 0.1) is 14.2 Å². The predicted molar refractivity (Wildman–Crippen MR) is 56.6 cm³/mol. The van der Waals surface area contributed by atoms with Crippen LogP contribution in [0.3, 0.4) is 0 Å². The summed E-state index contributed by atoms with van der Waals surface area (Å²) in [5, 5.41) is 11.5. The lowest BCUT2D eigenvalue weighted by molar-refractivity contribution is -0.992. The number of rotatable bonds is 4. The largest absolute Gasteiger partial charge is 0.595 e. The van der Waals surface area contributed by atoms with Crippen molar-refractivity contribution < 1.29 is 14.8 Å². The van der Waals surface area contributed by atoms with Gasteiger partial charge in [0, 0.05) is 23.0 Å². The van der Waals surface area contributed by atoms with E-state index in [-0.39, 0.29) is 5.23 Å². The lowest BCUT2D eigenvalue weighted by Gasteiger charge is -2.17. The van der Waals surface area contributed by atoms with Gasteiger partial charge in [0.2, 0.25) is 0 Å². The molecule has 0 heterocycles. The van der Waals surface area contributed by atoms with Crippen molar-refractivity contribution in [3.63, 3.8) is 0 Å². The van der Waals surface area contributed by atoms with Gasteiger partial charge in [-0.05, 0) is 6.07 Å². The minimum Gasteiger partial charge on any atom is -0.595 e. The van der Waals surface area contributed by atoms with Gasteiger partial charge >= 0.3 is 0 Å². The Morgan fingerprint density at radius 3 is 2.64 bits per heavy atom. The molecule has 1 aromatic rings. The van der Waals surface area contributed by atoms with Crippen molar-refractivity contribution in [2.24, 2.45) is 0 Å². The Balaban J connectivity index is 3.01. The zero-order valence-corrected chi connectivity index (χ0v) is 9.63. The zero-order valence-electron chi connectivity index (χ0n) is 8.04. The van der Waals surface area contributed by atoms with E-state index in [2.05, 4.69) is 20.8 Å². The maximum Gasteiger partial charge on any atom is 0.164 e. The number of hydrogen-bond acceptors (Lipinski definition) is 3. The molecule has 1 N–H and O–H groups in total. The van der Waals surface area contributed by atoms with Gasteiger partial charge < -0.3 is 9.94 Å². The number of quaternary nitrogens is 1. The first-order chi connectivity index (χ1) is 6.72. The van der Waals surface area contributed by atoms with E-state index in [0.29, 0.717) is 11.0 Å². The fourth-order valence-electron chi connectivity index (χ4n) is 1.13. The first-order valence-electron chi connectivity index (χ1n) is 4.04. The molecule has 1 rings (SSSR count). The number of halogens is 1. The van der Waals surface area contributed by atoms with Crippen LogP contribution in [0, 0.1) is 5.21 Å². The van der Waals surface area contributed by atoms with Crippen LogP contribution < -0.4 is 9.96 Å². The number of alkyl halides is 1. The van der Waals surface area contributed by atoms with Crippen LogP contribution >= 0.6 is 15.9 Å². The van der Waals surface area contributed by atoms with Crippen molar-refractivity contribution in [2.45, 2.75) is 5.33 Å². The third kappa shape index (κ3) is 2.45. The fraction of sp³-hybridized carbons (Fsp3) is 0.333. The monoisotopic (exact) mass is 261 g/mol. The maximum atomic E-state index is 11.2. The van der Waals surface area contributed by atoms with Crippen molar-refractivity contribution in [3.8, 4) is 5.75 Å². The van der Waals surface area contributed by atoms with Gasteiger partial charge in [-0.25, -0.2) is 4.84 Å². The Labute approximate surface area is 91.1 Å². The normalized spacial score (nSPS) is 12.6. The summed E-state index contributed by atoms with van der Waals surface area (Å²) < 4.78 is 5.12. The molecule has 0 aliphatic carbocycles. The summed E-state index contributed by atoms with van der Waals surface area (Å²) in [4.78, 5) is 4.61. The van der Waals surface area contributed by atoms with E-state index in [4.69, 9.17) is 4.74 Å². The minimum atomic E-state index is -0.338.